The molecule has 4 aromatic rings. The van der Waals surface area contributed by atoms with Crippen LogP contribution in [0.4, 0.5) is 0 Å². The summed E-state index contributed by atoms with van der Waals surface area (Å²) in [4.78, 5) is 12.4. The van der Waals surface area contributed by atoms with Gasteiger partial charge >= 0.3 is 0 Å². The highest BCUT2D eigenvalue weighted by Crippen LogP contribution is 2.22. The first-order valence-electron chi connectivity index (χ1n) is 10.0. The lowest BCUT2D eigenvalue weighted by Crippen LogP contribution is -2.33. The van der Waals surface area contributed by atoms with Gasteiger partial charge in [-0.2, -0.15) is 5.10 Å². The average Bonchev–Trinajstić information content (AvgIpc) is 3.29. The van der Waals surface area contributed by atoms with Gasteiger partial charge in [-0.1, -0.05) is 35.5 Å². The third kappa shape index (κ3) is 4.35. The molecular formula is C24H24N4O3. The summed E-state index contributed by atoms with van der Waals surface area (Å²) in [6, 6.07) is 17.6. The van der Waals surface area contributed by atoms with Crippen LogP contribution in [0.2, 0.25) is 0 Å². The number of amides is 1. The minimum atomic E-state index is -0.691. The molecule has 0 unspecified atom stereocenters. The maximum absolute atomic E-state index is 12.4. The molecule has 7 heteroatoms. The fourth-order valence-corrected chi connectivity index (χ4v) is 3.48. The Morgan fingerprint density at radius 1 is 1.13 bits per heavy atom. The van der Waals surface area contributed by atoms with Gasteiger partial charge in [0.1, 0.15) is 11.5 Å². The predicted molar refractivity (Wildman–Crippen MR) is 120 cm³/mol. The number of ether oxygens (including phenoxy) is 1. The molecule has 0 aliphatic heterocycles. The first kappa shape index (κ1) is 20.4. The molecule has 0 aliphatic rings. The summed E-state index contributed by atoms with van der Waals surface area (Å²) in [5.74, 6) is 1.76. The van der Waals surface area contributed by atoms with Crippen molar-refractivity contribution in [2.75, 3.05) is 0 Å². The minimum Gasteiger partial charge on any atom is -0.481 e. The summed E-state index contributed by atoms with van der Waals surface area (Å²) in [5, 5.41) is 10.4. The topological polar surface area (TPSA) is 81.7 Å². The summed E-state index contributed by atoms with van der Waals surface area (Å²) in [5.41, 5.74) is 5.37. The second-order valence-electron chi connectivity index (χ2n) is 7.46. The van der Waals surface area contributed by atoms with E-state index in [1.54, 1.807) is 13.1 Å². The normalized spacial score (nSPS) is 12.4. The Kier molecular flexibility index (Phi) is 5.58. The molecule has 1 N–H and O–H groups in total. The van der Waals surface area contributed by atoms with Crippen molar-refractivity contribution in [3.8, 4) is 11.6 Å². The van der Waals surface area contributed by atoms with Gasteiger partial charge < -0.3 is 9.26 Å². The Labute approximate surface area is 180 Å². The van der Waals surface area contributed by atoms with Crippen LogP contribution in [0.3, 0.4) is 0 Å². The van der Waals surface area contributed by atoms with Crippen molar-refractivity contribution in [1.82, 2.24) is 15.1 Å². The van der Waals surface area contributed by atoms with Gasteiger partial charge in [0.05, 0.1) is 6.21 Å². The van der Waals surface area contributed by atoms with E-state index in [1.807, 2.05) is 79.9 Å². The SMILES string of the molecule is Cc1cc(-n2c(C)cc(/C=N\NC(=O)[C@@H](C)Oc3ccc4ccccc4c3)c2C)no1. The molecule has 0 saturated carbocycles. The van der Waals surface area contributed by atoms with Gasteiger partial charge in [0.2, 0.25) is 0 Å². The molecule has 2 aromatic carbocycles. The first-order valence-corrected chi connectivity index (χ1v) is 10.0. The van der Waals surface area contributed by atoms with Gasteiger partial charge in [0.15, 0.2) is 11.9 Å². The summed E-state index contributed by atoms with van der Waals surface area (Å²) in [6.07, 6.45) is 0.927. The van der Waals surface area contributed by atoms with E-state index in [2.05, 4.69) is 15.7 Å². The van der Waals surface area contributed by atoms with E-state index in [1.165, 1.54) is 0 Å². The van der Waals surface area contributed by atoms with Crippen molar-refractivity contribution in [3.05, 3.63) is 77.3 Å². The first-order chi connectivity index (χ1) is 14.9. The van der Waals surface area contributed by atoms with E-state index in [9.17, 15) is 4.79 Å². The van der Waals surface area contributed by atoms with Crippen molar-refractivity contribution in [2.24, 2.45) is 5.10 Å². The van der Waals surface area contributed by atoms with Crippen LogP contribution in [0.15, 0.2) is 64.2 Å². The lowest BCUT2D eigenvalue weighted by molar-refractivity contribution is -0.127. The van der Waals surface area contributed by atoms with E-state index < -0.39 is 6.10 Å². The maximum Gasteiger partial charge on any atom is 0.280 e. The van der Waals surface area contributed by atoms with Crippen LogP contribution in [0, 0.1) is 20.8 Å². The van der Waals surface area contributed by atoms with Crippen LogP contribution in [-0.4, -0.2) is 27.9 Å². The summed E-state index contributed by atoms with van der Waals surface area (Å²) >= 11 is 0. The fraction of sp³-hybridized carbons (Fsp3) is 0.208. The van der Waals surface area contributed by atoms with Gasteiger partial charge in [0.25, 0.3) is 5.91 Å². The summed E-state index contributed by atoms with van der Waals surface area (Å²) in [7, 11) is 0. The van der Waals surface area contributed by atoms with E-state index in [4.69, 9.17) is 9.26 Å². The van der Waals surface area contributed by atoms with Crippen LogP contribution in [0.5, 0.6) is 5.75 Å². The number of carbonyl (C=O) groups excluding carboxylic acids is 1. The number of fused-ring (bicyclic) bond motifs is 1. The van der Waals surface area contributed by atoms with Crippen molar-refractivity contribution < 1.29 is 14.1 Å². The number of carbonyl (C=O) groups is 1. The van der Waals surface area contributed by atoms with Gasteiger partial charge in [-0.25, -0.2) is 5.43 Å². The molecule has 4 rings (SSSR count). The number of nitrogens with one attached hydrogen (secondary N) is 1. The van der Waals surface area contributed by atoms with Gasteiger partial charge in [-0.15, -0.1) is 0 Å². The fourth-order valence-electron chi connectivity index (χ4n) is 3.48. The zero-order valence-corrected chi connectivity index (χ0v) is 17.9. The molecule has 0 bridgehead atoms. The molecule has 0 spiro atoms. The Morgan fingerprint density at radius 3 is 2.65 bits per heavy atom. The molecule has 0 radical (unpaired) electrons. The quantitative estimate of drug-likeness (QED) is 0.372. The second kappa shape index (κ2) is 8.47. The number of nitrogens with zero attached hydrogens (tertiary/aromatic N) is 3. The number of aromatic nitrogens is 2. The number of hydrogen-bond acceptors (Lipinski definition) is 5. The zero-order chi connectivity index (χ0) is 22.0. The van der Waals surface area contributed by atoms with Gasteiger partial charge in [-0.05, 0) is 56.7 Å². The number of rotatable bonds is 6. The second-order valence-corrected chi connectivity index (χ2v) is 7.46. The van der Waals surface area contributed by atoms with Gasteiger partial charge in [-0.3, -0.25) is 9.36 Å². The van der Waals surface area contributed by atoms with Crippen LogP contribution in [0.1, 0.15) is 29.6 Å². The molecule has 0 aliphatic carbocycles. The van der Waals surface area contributed by atoms with Crippen LogP contribution >= 0.6 is 0 Å². The largest absolute Gasteiger partial charge is 0.481 e. The summed E-state index contributed by atoms with van der Waals surface area (Å²) < 4.78 is 12.9. The third-order valence-corrected chi connectivity index (χ3v) is 5.10. The number of benzene rings is 2. The summed E-state index contributed by atoms with van der Waals surface area (Å²) in [6.45, 7) is 7.49. The molecule has 1 atom stereocenters. The number of hydrogen-bond donors (Lipinski definition) is 1. The van der Waals surface area contributed by atoms with Crippen molar-refractivity contribution in [1.29, 1.82) is 0 Å². The average molecular weight is 416 g/mol. The predicted octanol–water partition coefficient (Wildman–Crippen LogP) is 4.46. The van der Waals surface area contributed by atoms with E-state index in [-0.39, 0.29) is 5.91 Å². The zero-order valence-electron chi connectivity index (χ0n) is 17.9. The number of aryl methyl sites for hydroxylation is 2. The molecule has 0 fully saturated rings. The molecule has 2 aromatic heterocycles. The molecule has 7 nitrogen and oxygen atoms in total. The van der Waals surface area contributed by atoms with Crippen LogP contribution in [0.25, 0.3) is 16.6 Å². The van der Waals surface area contributed by atoms with E-state index in [0.29, 0.717) is 11.6 Å². The molecule has 0 saturated heterocycles. The Bertz CT molecular complexity index is 1270. The third-order valence-electron chi connectivity index (χ3n) is 5.10. The van der Waals surface area contributed by atoms with Crippen LogP contribution < -0.4 is 10.2 Å². The molecule has 31 heavy (non-hydrogen) atoms. The van der Waals surface area contributed by atoms with Crippen molar-refractivity contribution >= 4 is 22.9 Å². The highest BCUT2D eigenvalue weighted by Gasteiger charge is 2.15. The Balaban J connectivity index is 1.41. The molecule has 1 amide bonds. The van der Waals surface area contributed by atoms with E-state index >= 15 is 0 Å². The van der Waals surface area contributed by atoms with Gasteiger partial charge in [0, 0.05) is 23.0 Å². The Morgan fingerprint density at radius 2 is 1.90 bits per heavy atom. The van der Waals surface area contributed by atoms with Crippen molar-refractivity contribution in [3.63, 3.8) is 0 Å². The monoisotopic (exact) mass is 416 g/mol. The lowest BCUT2D eigenvalue weighted by atomic mass is 10.1. The minimum absolute atomic E-state index is 0.328. The van der Waals surface area contributed by atoms with E-state index in [0.717, 1.165) is 33.5 Å². The number of hydrazone groups is 1. The molecule has 2 heterocycles. The highest BCUT2D eigenvalue weighted by atomic mass is 16.5. The molecular weight excluding hydrogens is 392 g/mol. The standard InChI is InChI=1S/C24H24N4O3/c1-15-11-21(17(3)28(15)23-12-16(2)31-27-23)14-25-26-24(29)18(4)30-22-10-9-19-7-5-6-8-20(19)13-22/h5-14,18H,1-4H3,(H,26,29)/b25-14-/t18-/m1/s1. The van der Waals surface area contributed by atoms with Crippen molar-refractivity contribution in [2.45, 2.75) is 33.8 Å². The van der Waals surface area contributed by atoms with Crippen LogP contribution in [-0.2, 0) is 4.79 Å². The smallest absolute Gasteiger partial charge is 0.280 e. The highest BCUT2D eigenvalue weighted by molar-refractivity contribution is 5.86. The maximum atomic E-state index is 12.4. The Hall–Kier alpha value is -3.87. The lowest BCUT2D eigenvalue weighted by Gasteiger charge is -2.13. The molecule has 158 valence electrons.